The molecule has 0 fully saturated rings. The number of rotatable bonds is 77. The molecule has 0 heterocycles. The molecule has 98 heavy (non-hydrogen) atoms. The standard InChI is InChI=1S/C79H154O17P2/c1-8-10-11-12-13-14-32-39-46-53-60-76(81)89-66-74(96-79(84)63-56-49-42-35-28-26-30-37-44-51-58-71(5)6)68-93-97(85,86)91-64-73(80)65-92-98(87,88)94-69-75(67-90-77(82)61-54-47-40-33-27-25-29-36-43-50-57-70(3)4)95-78(83)62-55-48-41-34-24-22-20-18-16-15-17-19-21-23-31-38-45-52-59-72(7)9-2/h70-75,80H,8-69H2,1-7H3,(H,85,86)(H,87,88)/t72?,73-,74+,75+/m0/s1. The van der Waals surface area contributed by atoms with Crippen molar-refractivity contribution in [2.75, 3.05) is 39.6 Å². The topological polar surface area (TPSA) is 237 Å². The molecular formula is C79H154O17P2. The van der Waals surface area contributed by atoms with E-state index in [1.807, 2.05) is 0 Å². The lowest BCUT2D eigenvalue weighted by molar-refractivity contribution is -0.161. The van der Waals surface area contributed by atoms with Crippen LogP contribution in [0.5, 0.6) is 0 Å². The molecule has 3 unspecified atom stereocenters. The first-order valence-electron chi connectivity index (χ1n) is 40.9. The van der Waals surface area contributed by atoms with Crippen LogP contribution in [0.15, 0.2) is 0 Å². The predicted octanol–water partition coefficient (Wildman–Crippen LogP) is 23.4. The Morgan fingerprint density at radius 3 is 0.776 bits per heavy atom. The van der Waals surface area contributed by atoms with Crippen molar-refractivity contribution in [2.24, 2.45) is 17.8 Å². The van der Waals surface area contributed by atoms with Gasteiger partial charge in [0.25, 0.3) is 0 Å². The smallest absolute Gasteiger partial charge is 0.462 e. The van der Waals surface area contributed by atoms with Crippen LogP contribution in [-0.4, -0.2) is 96.7 Å². The van der Waals surface area contributed by atoms with Gasteiger partial charge in [-0.3, -0.25) is 37.3 Å². The molecule has 0 saturated carbocycles. The molecule has 0 saturated heterocycles. The Morgan fingerprint density at radius 2 is 0.520 bits per heavy atom. The van der Waals surface area contributed by atoms with Crippen molar-refractivity contribution in [3.8, 4) is 0 Å². The van der Waals surface area contributed by atoms with E-state index in [1.165, 1.54) is 218 Å². The fourth-order valence-corrected chi connectivity index (χ4v) is 13.7. The van der Waals surface area contributed by atoms with Crippen LogP contribution in [0.25, 0.3) is 0 Å². The van der Waals surface area contributed by atoms with Crippen molar-refractivity contribution in [3.63, 3.8) is 0 Å². The highest BCUT2D eigenvalue weighted by atomic mass is 31.2. The van der Waals surface area contributed by atoms with Gasteiger partial charge >= 0.3 is 39.5 Å². The number of esters is 4. The zero-order valence-corrected chi connectivity index (χ0v) is 66.0. The van der Waals surface area contributed by atoms with Gasteiger partial charge in [0, 0.05) is 25.7 Å². The SMILES string of the molecule is CCCCCCCCCCCCC(=O)OC[C@H](COP(=O)(O)OC[C@H](O)COP(=O)(O)OC[C@@H](COC(=O)CCCCCCCCCCCCC(C)C)OC(=O)CCCCCCCCCCCCCCCCCCCCC(C)CC)OC(=O)CCCCCCCCCCCCC(C)C. The van der Waals surface area contributed by atoms with Gasteiger partial charge < -0.3 is 33.8 Å². The number of aliphatic hydroxyl groups is 1. The van der Waals surface area contributed by atoms with Gasteiger partial charge in [0.05, 0.1) is 26.4 Å². The average Bonchev–Trinajstić information content (AvgIpc) is 0.980. The zero-order chi connectivity index (χ0) is 72.3. The third-order valence-corrected chi connectivity index (χ3v) is 20.6. The van der Waals surface area contributed by atoms with E-state index in [0.29, 0.717) is 25.7 Å². The van der Waals surface area contributed by atoms with E-state index in [4.69, 9.17) is 37.0 Å². The maximum Gasteiger partial charge on any atom is 0.472 e. The maximum absolute atomic E-state index is 13.1. The van der Waals surface area contributed by atoms with Crippen molar-refractivity contribution in [3.05, 3.63) is 0 Å². The van der Waals surface area contributed by atoms with Gasteiger partial charge in [-0.15, -0.1) is 0 Å². The van der Waals surface area contributed by atoms with Crippen molar-refractivity contribution < 1.29 is 80.2 Å². The number of hydrogen-bond donors (Lipinski definition) is 3. The van der Waals surface area contributed by atoms with Crippen LogP contribution >= 0.6 is 15.6 Å². The molecule has 0 aliphatic carbocycles. The lowest BCUT2D eigenvalue weighted by atomic mass is 9.99. The highest BCUT2D eigenvalue weighted by molar-refractivity contribution is 7.47. The van der Waals surface area contributed by atoms with Gasteiger partial charge in [0.1, 0.15) is 19.3 Å². The molecule has 17 nitrogen and oxygen atoms in total. The molecule has 6 atom stereocenters. The first-order chi connectivity index (χ1) is 47.3. The largest absolute Gasteiger partial charge is 0.472 e. The zero-order valence-electron chi connectivity index (χ0n) is 64.3. The number of hydrogen-bond acceptors (Lipinski definition) is 15. The second-order valence-electron chi connectivity index (χ2n) is 29.6. The number of phosphoric ester groups is 2. The molecule has 0 spiro atoms. The fourth-order valence-electron chi connectivity index (χ4n) is 12.1. The Kier molecular flexibility index (Phi) is 68.1. The van der Waals surface area contributed by atoms with Crippen LogP contribution < -0.4 is 0 Å². The van der Waals surface area contributed by atoms with E-state index in [1.54, 1.807) is 0 Å². The summed E-state index contributed by atoms with van der Waals surface area (Å²) < 4.78 is 68.6. The Bertz CT molecular complexity index is 1910. The number of aliphatic hydroxyl groups excluding tert-OH is 1. The van der Waals surface area contributed by atoms with Gasteiger partial charge in [-0.2, -0.15) is 0 Å². The van der Waals surface area contributed by atoms with Gasteiger partial charge in [0.2, 0.25) is 0 Å². The summed E-state index contributed by atoms with van der Waals surface area (Å²) in [6, 6.07) is 0. The van der Waals surface area contributed by atoms with E-state index < -0.39 is 97.5 Å². The van der Waals surface area contributed by atoms with Gasteiger partial charge in [-0.05, 0) is 43.4 Å². The fraction of sp³-hybridized carbons (Fsp3) is 0.949. The summed E-state index contributed by atoms with van der Waals surface area (Å²) in [5, 5.41) is 10.6. The van der Waals surface area contributed by atoms with E-state index >= 15 is 0 Å². The van der Waals surface area contributed by atoms with E-state index in [-0.39, 0.29) is 25.7 Å². The van der Waals surface area contributed by atoms with Gasteiger partial charge in [-0.25, -0.2) is 9.13 Å². The molecule has 0 aromatic heterocycles. The molecular weight excluding hydrogens is 1280 g/mol. The maximum atomic E-state index is 13.1. The predicted molar refractivity (Wildman–Crippen MR) is 400 cm³/mol. The van der Waals surface area contributed by atoms with E-state index in [2.05, 4.69) is 48.5 Å². The molecule has 0 aromatic rings. The van der Waals surface area contributed by atoms with Gasteiger partial charge in [-0.1, -0.05) is 357 Å². The van der Waals surface area contributed by atoms with Crippen LogP contribution in [-0.2, 0) is 65.4 Å². The average molecular weight is 1440 g/mol. The molecule has 0 radical (unpaired) electrons. The van der Waals surface area contributed by atoms with E-state index in [9.17, 15) is 43.2 Å². The summed E-state index contributed by atoms with van der Waals surface area (Å²) in [4.78, 5) is 72.9. The molecule has 582 valence electrons. The first kappa shape index (κ1) is 96.1. The second kappa shape index (κ2) is 69.4. The first-order valence-corrected chi connectivity index (χ1v) is 43.9. The number of ether oxygens (including phenoxy) is 4. The summed E-state index contributed by atoms with van der Waals surface area (Å²) in [5.74, 6) is 0.267. The Labute approximate surface area is 600 Å². The number of carbonyl (C=O) groups is 4. The van der Waals surface area contributed by atoms with Crippen LogP contribution in [0.3, 0.4) is 0 Å². The molecule has 19 heteroatoms. The number of carbonyl (C=O) groups excluding carboxylic acids is 4. The van der Waals surface area contributed by atoms with Crippen molar-refractivity contribution >= 4 is 39.5 Å². The normalized spacial score (nSPS) is 14.3. The van der Waals surface area contributed by atoms with Crippen LogP contribution in [0.2, 0.25) is 0 Å². The molecule has 0 aromatic carbocycles. The lowest BCUT2D eigenvalue weighted by Gasteiger charge is -2.21. The minimum absolute atomic E-state index is 0.106. The summed E-state index contributed by atoms with van der Waals surface area (Å²) >= 11 is 0. The molecule has 3 N–H and O–H groups in total. The monoisotopic (exact) mass is 1440 g/mol. The van der Waals surface area contributed by atoms with Crippen LogP contribution in [0, 0.1) is 17.8 Å². The number of phosphoric acid groups is 2. The third-order valence-electron chi connectivity index (χ3n) is 18.7. The lowest BCUT2D eigenvalue weighted by Crippen LogP contribution is -2.30. The van der Waals surface area contributed by atoms with Gasteiger partial charge in [0.15, 0.2) is 12.2 Å². The third kappa shape index (κ3) is 71.1. The minimum atomic E-state index is -4.96. The quantitative estimate of drug-likeness (QED) is 0.0222. The van der Waals surface area contributed by atoms with Crippen molar-refractivity contribution in [2.45, 2.75) is 426 Å². The van der Waals surface area contributed by atoms with E-state index in [0.717, 1.165) is 108 Å². The van der Waals surface area contributed by atoms with Crippen molar-refractivity contribution in [1.82, 2.24) is 0 Å². The minimum Gasteiger partial charge on any atom is -0.462 e. The summed E-state index contributed by atoms with van der Waals surface area (Å²) in [7, 11) is -9.91. The molecule has 0 amide bonds. The Balaban J connectivity index is 5.20. The summed E-state index contributed by atoms with van der Waals surface area (Å²) in [5.41, 5.74) is 0. The van der Waals surface area contributed by atoms with Crippen molar-refractivity contribution in [1.29, 1.82) is 0 Å². The highest BCUT2D eigenvalue weighted by Gasteiger charge is 2.30. The highest BCUT2D eigenvalue weighted by Crippen LogP contribution is 2.45. The molecule has 0 aliphatic rings. The molecule has 0 bridgehead atoms. The van der Waals surface area contributed by atoms with Crippen LogP contribution in [0.1, 0.15) is 408 Å². The second-order valence-corrected chi connectivity index (χ2v) is 32.6. The molecule has 0 aliphatic heterocycles. The van der Waals surface area contributed by atoms with Crippen LogP contribution in [0.4, 0.5) is 0 Å². The Hall–Kier alpha value is -1.94. The Morgan fingerprint density at radius 1 is 0.296 bits per heavy atom. The molecule has 0 rings (SSSR count). The summed E-state index contributed by atoms with van der Waals surface area (Å²) in [6.45, 7) is 12.0. The summed E-state index contributed by atoms with van der Waals surface area (Å²) in [6.07, 6.45) is 56.9. The number of unbranched alkanes of at least 4 members (excludes halogenated alkanes) is 44.